The highest BCUT2D eigenvalue weighted by Gasteiger charge is 2.24. The second-order valence-corrected chi connectivity index (χ2v) is 5.79. The van der Waals surface area contributed by atoms with E-state index in [-0.39, 0.29) is 33.7 Å². The Balaban J connectivity index is 2.19. The topological polar surface area (TPSA) is 93.1 Å². The van der Waals surface area contributed by atoms with E-state index < -0.39 is 11.8 Å². The molecular weight excluding hydrogens is 370 g/mol. The van der Waals surface area contributed by atoms with Gasteiger partial charge in [0, 0.05) is 13.1 Å². The Labute approximate surface area is 141 Å². The van der Waals surface area contributed by atoms with Crippen molar-refractivity contribution in [2.24, 2.45) is 0 Å². The van der Waals surface area contributed by atoms with E-state index in [1.54, 1.807) is 0 Å². The van der Waals surface area contributed by atoms with Crippen molar-refractivity contribution in [2.75, 3.05) is 33.4 Å². The van der Waals surface area contributed by atoms with Crippen LogP contribution in [0.2, 0.25) is 0 Å². The number of phenols is 1. The molecule has 1 aromatic carbocycles. The van der Waals surface area contributed by atoms with Crippen LogP contribution in [0.15, 0.2) is 16.6 Å². The van der Waals surface area contributed by atoms with E-state index in [9.17, 15) is 19.5 Å². The number of Topliss-reactive ketones (excluding diaryl/α,β-unsaturated/α-hetero) is 1. The average molecular weight is 386 g/mol. The number of ether oxygens (including phenoxy) is 2. The highest BCUT2D eigenvalue weighted by Crippen LogP contribution is 2.30. The minimum absolute atomic E-state index is 0.0959. The maximum absolute atomic E-state index is 12.3. The minimum Gasteiger partial charge on any atom is -0.506 e. The summed E-state index contributed by atoms with van der Waals surface area (Å²) in [5, 5.41) is 10.0. The molecule has 0 bridgehead atoms. The molecule has 1 heterocycles. The fourth-order valence-electron chi connectivity index (χ4n) is 2.20. The van der Waals surface area contributed by atoms with Gasteiger partial charge in [-0.15, -0.1) is 0 Å². The first-order chi connectivity index (χ1) is 10.9. The largest absolute Gasteiger partial charge is 0.506 e. The zero-order valence-electron chi connectivity index (χ0n) is 12.5. The van der Waals surface area contributed by atoms with Crippen LogP contribution in [-0.2, 0) is 14.3 Å². The molecule has 124 valence electrons. The second kappa shape index (κ2) is 7.56. The van der Waals surface area contributed by atoms with Crippen molar-refractivity contribution >= 4 is 33.6 Å². The van der Waals surface area contributed by atoms with Gasteiger partial charge in [-0.1, -0.05) is 0 Å². The number of esters is 1. The van der Waals surface area contributed by atoms with E-state index in [0.29, 0.717) is 26.3 Å². The van der Waals surface area contributed by atoms with Crippen molar-refractivity contribution < 1.29 is 29.0 Å². The Morgan fingerprint density at radius 2 is 1.96 bits per heavy atom. The van der Waals surface area contributed by atoms with E-state index in [1.165, 1.54) is 24.1 Å². The zero-order valence-corrected chi connectivity index (χ0v) is 14.1. The van der Waals surface area contributed by atoms with Gasteiger partial charge in [0.25, 0.3) is 0 Å². The van der Waals surface area contributed by atoms with Crippen molar-refractivity contribution in [1.29, 1.82) is 0 Å². The smallest absolute Gasteiger partial charge is 0.337 e. The highest BCUT2D eigenvalue weighted by molar-refractivity contribution is 9.10. The number of amides is 1. The third-order valence-electron chi connectivity index (χ3n) is 3.46. The quantitative estimate of drug-likeness (QED) is 0.478. The van der Waals surface area contributed by atoms with Gasteiger partial charge in [0.2, 0.25) is 5.91 Å². The minimum atomic E-state index is -0.640. The second-order valence-electron chi connectivity index (χ2n) is 4.94. The monoisotopic (exact) mass is 385 g/mol. The van der Waals surface area contributed by atoms with E-state index >= 15 is 0 Å². The molecule has 0 spiro atoms. The summed E-state index contributed by atoms with van der Waals surface area (Å²) in [4.78, 5) is 37.6. The van der Waals surface area contributed by atoms with Crippen LogP contribution in [0.3, 0.4) is 0 Å². The molecule has 0 radical (unpaired) electrons. The molecule has 0 atom stereocenters. The fourth-order valence-corrected chi connectivity index (χ4v) is 2.66. The van der Waals surface area contributed by atoms with Crippen molar-refractivity contribution in [3.63, 3.8) is 0 Å². The van der Waals surface area contributed by atoms with Crippen LogP contribution < -0.4 is 0 Å². The Hall–Kier alpha value is -1.93. The molecule has 0 saturated carbocycles. The number of methoxy groups -OCH3 is 1. The number of nitrogens with zero attached hydrogens (tertiary/aromatic N) is 1. The van der Waals surface area contributed by atoms with Crippen molar-refractivity contribution in [3.8, 4) is 5.75 Å². The van der Waals surface area contributed by atoms with Crippen LogP contribution >= 0.6 is 15.9 Å². The van der Waals surface area contributed by atoms with Gasteiger partial charge >= 0.3 is 5.97 Å². The lowest BCUT2D eigenvalue weighted by Gasteiger charge is -2.26. The number of phenolic OH excluding ortho intramolecular Hbond substituents is 1. The van der Waals surface area contributed by atoms with Crippen LogP contribution in [0.25, 0.3) is 0 Å². The Bertz CT molecular complexity index is 639. The SMILES string of the molecule is COC(=O)c1cc(Br)c(O)c(C(=O)CC(=O)N2CCOCC2)c1. The van der Waals surface area contributed by atoms with E-state index in [4.69, 9.17) is 4.74 Å². The van der Waals surface area contributed by atoms with Gasteiger partial charge in [-0.05, 0) is 28.1 Å². The van der Waals surface area contributed by atoms with Crippen molar-refractivity contribution in [2.45, 2.75) is 6.42 Å². The molecular formula is C15H16BrNO6. The lowest BCUT2D eigenvalue weighted by Crippen LogP contribution is -2.41. The fraction of sp³-hybridized carbons (Fsp3) is 0.400. The number of rotatable bonds is 4. The number of aromatic hydroxyl groups is 1. The lowest BCUT2D eigenvalue weighted by molar-refractivity contribution is -0.134. The third kappa shape index (κ3) is 4.08. The number of hydrogen-bond acceptors (Lipinski definition) is 6. The van der Waals surface area contributed by atoms with Gasteiger partial charge in [-0.2, -0.15) is 0 Å². The van der Waals surface area contributed by atoms with Gasteiger partial charge in [0.05, 0.1) is 42.3 Å². The van der Waals surface area contributed by atoms with Gasteiger partial charge in [0.15, 0.2) is 5.78 Å². The molecule has 2 rings (SSSR count). The molecule has 1 aromatic rings. The molecule has 1 amide bonds. The van der Waals surface area contributed by atoms with E-state index in [0.717, 1.165) is 0 Å². The summed E-state index contributed by atoms with van der Waals surface area (Å²) in [6, 6.07) is 2.57. The van der Waals surface area contributed by atoms with Crippen molar-refractivity contribution in [1.82, 2.24) is 4.90 Å². The molecule has 1 aliphatic rings. The molecule has 0 aliphatic carbocycles. The summed E-state index contributed by atoms with van der Waals surface area (Å²) in [7, 11) is 1.21. The van der Waals surface area contributed by atoms with Gasteiger partial charge in [-0.25, -0.2) is 4.79 Å². The first-order valence-electron chi connectivity index (χ1n) is 6.93. The van der Waals surface area contributed by atoms with Gasteiger partial charge in [0.1, 0.15) is 5.75 Å². The summed E-state index contributed by atoms with van der Waals surface area (Å²) in [6.07, 6.45) is -0.384. The number of hydrogen-bond donors (Lipinski definition) is 1. The Kier molecular flexibility index (Phi) is 5.73. The summed E-state index contributed by atoms with van der Waals surface area (Å²) >= 11 is 3.08. The number of morpholine rings is 1. The van der Waals surface area contributed by atoms with Crippen LogP contribution in [0.1, 0.15) is 27.1 Å². The summed E-state index contributed by atoms with van der Waals surface area (Å²) in [6.45, 7) is 1.75. The number of ketones is 1. The molecule has 1 fully saturated rings. The number of halogens is 1. The Morgan fingerprint density at radius 1 is 1.30 bits per heavy atom. The summed E-state index contributed by atoms with van der Waals surface area (Å²) < 4.78 is 9.94. The molecule has 0 unspecified atom stereocenters. The van der Waals surface area contributed by atoms with Crippen LogP contribution in [0.4, 0.5) is 0 Å². The summed E-state index contributed by atoms with van der Waals surface area (Å²) in [5.41, 5.74) is 0.0146. The highest BCUT2D eigenvalue weighted by atomic mass is 79.9. The van der Waals surface area contributed by atoms with E-state index in [1.807, 2.05) is 0 Å². The standard InChI is InChI=1S/C15H16BrNO6/c1-22-15(21)9-6-10(14(20)11(16)7-9)12(18)8-13(19)17-2-4-23-5-3-17/h6-7,20H,2-5,8H2,1H3. The molecule has 23 heavy (non-hydrogen) atoms. The lowest BCUT2D eigenvalue weighted by atomic mass is 10.0. The van der Waals surface area contributed by atoms with Crippen LogP contribution in [-0.4, -0.2) is 61.1 Å². The molecule has 1 saturated heterocycles. The first-order valence-corrected chi connectivity index (χ1v) is 7.73. The number of benzene rings is 1. The molecule has 1 N–H and O–H groups in total. The predicted octanol–water partition coefficient (Wildman–Crippen LogP) is 1.37. The first kappa shape index (κ1) is 17.4. The summed E-state index contributed by atoms with van der Waals surface area (Å²) in [5.74, 6) is -1.85. The van der Waals surface area contributed by atoms with Crippen LogP contribution in [0, 0.1) is 0 Å². The van der Waals surface area contributed by atoms with Gasteiger partial charge < -0.3 is 19.5 Å². The van der Waals surface area contributed by atoms with Gasteiger partial charge in [-0.3, -0.25) is 9.59 Å². The van der Waals surface area contributed by atoms with Crippen molar-refractivity contribution in [3.05, 3.63) is 27.7 Å². The molecule has 7 nitrogen and oxygen atoms in total. The number of carbonyl (C=O) groups excluding carboxylic acids is 3. The third-order valence-corrected chi connectivity index (χ3v) is 4.06. The zero-order chi connectivity index (χ0) is 17.0. The van der Waals surface area contributed by atoms with Crippen LogP contribution in [0.5, 0.6) is 5.75 Å². The average Bonchev–Trinajstić information content (AvgIpc) is 2.57. The maximum Gasteiger partial charge on any atom is 0.337 e. The molecule has 1 aliphatic heterocycles. The molecule has 0 aromatic heterocycles. The Morgan fingerprint density at radius 3 is 2.57 bits per heavy atom. The molecule has 8 heteroatoms. The predicted molar refractivity (Wildman–Crippen MR) is 83.5 cm³/mol. The van der Waals surface area contributed by atoms with E-state index in [2.05, 4.69) is 20.7 Å². The normalized spacial score (nSPS) is 14.4. The maximum atomic E-state index is 12.3. The number of carbonyl (C=O) groups is 3.